The number of rotatable bonds is 1. The molecule has 3 nitrogen and oxygen atoms in total. The van der Waals surface area contributed by atoms with Gasteiger partial charge in [0.25, 0.3) is 0 Å². The van der Waals surface area contributed by atoms with Crippen molar-refractivity contribution in [2.45, 2.75) is 26.2 Å². The van der Waals surface area contributed by atoms with Crippen molar-refractivity contribution in [1.82, 2.24) is 9.78 Å². The minimum absolute atomic E-state index is 1.12. The molecule has 2 heterocycles. The van der Waals surface area contributed by atoms with Gasteiger partial charge >= 0.3 is 0 Å². The lowest BCUT2D eigenvalue weighted by molar-refractivity contribution is 0.578. The monoisotopic (exact) mass is 229 g/mol. The molecule has 1 aromatic heterocycles. The van der Waals surface area contributed by atoms with E-state index in [4.69, 9.17) is 0 Å². The lowest BCUT2D eigenvalue weighted by Gasteiger charge is -2.28. The molecule has 1 saturated heterocycles. The molecule has 0 saturated carbocycles. The molecule has 0 amide bonds. The second-order valence-corrected chi connectivity index (χ2v) is 4.96. The fourth-order valence-corrected chi connectivity index (χ4v) is 2.78. The summed E-state index contributed by atoms with van der Waals surface area (Å²) in [4.78, 5) is 2.49. The van der Waals surface area contributed by atoms with Crippen molar-refractivity contribution in [2.24, 2.45) is 7.05 Å². The Balaban J connectivity index is 2.03. The summed E-state index contributed by atoms with van der Waals surface area (Å²) in [7, 11) is 2.02. The maximum absolute atomic E-state index is 4.47. The second-order valence-electron chi connectivity index (χ2n) is 4.96. The van der Waals surface area contributed by atoms with Gasteiger partial charge in [-0.1, -0.05) is 0 Å². The first-order valence-electron chi connectivity index (χ1n) is 6.44. The van der Waals surface area contributed by atoms with Gasteiger partial charge in [0.1, 0.15) is 0 Å². The van der Waals surface area contributed by atoms with Gasteiger partial charge in [-0.15, -0.1) is 0 Å². The fourth-order valence-electron chi connectivity index (χ4n) is 2.78. The van der Waals surface area contributed by atoms with Crippen molar-refractivity contribution in [3.8, 4) is 0 Å². The Labute approximate surface area is 102 Å². The molecule has 0 bridgehead atoms. The first-order chi connectivity index (χ1) is 8.25. The van der Waals surface area contributed by atoms with Gasteiger partial charge in [0.2, 0.25) is 0 Å². The highest BCUT2D eigenvalue weighted by molar-refractivity contribution is 5.85. The molecule has 0 radical (unpaired) electrons. The van der Waals surface area contributed by atoms with E-state index in [-0.39, 0.29) is 0 Å². The highest BCUT2D eigenvalue weighted by atomic mass is 15.3. The third-order valence-corrected chi connectivity index (χ3v) is 3.74. The van der Waals surface area contributed by atoms with Crippen LogP contribution >= 0.6 is 0 Å². The largest absolute Gasteiger partial charge is 0.371 e. The average Bonchev–Trinajstić information content (AvgIpc) is 2.66. The number of piperidine rings is 1. The van der Waals surface area contributed by atoms with Crippen molar-refractivity contribution in [2.75, 3.05) is 18.0 Å². The third kappa shape index (κ3) is 1.79. The highest BCUT2D eigenvalue weighted by Gasteiger charge is 2.12. The van der Waals surface area contributed by atoms with Gasteiger partial charge in [-0.05, 0) is 44.4 Å². The first-order valence-corrected chi connectivity index (χ1v) is 6.44. The van der Waals surface area contributed by atoms with Gasteiger partial charge in [0.05, 0.1) is 11.2 Å². The van der Waals surface area contributed by atoms with E-state index in [1.807, 2.05) is 11.7 Å². The van der Waals surface area contributed by atoms with Crippen LogP contribution in [0.4, 0.5) is 5.69 Å². The summed E-state index contributed by atoms with van der Waals surface area (Å²) in [5.74, 6) is 0. The van der Waals surface area contributed by atoms with E-state index in [1.165, 1.54) is 48.9 Å². The maximum atomic E-state index is 4.47. The van der Waals surface area contributed by atoms with Gasteiger partial charge in [0, 0.05) is 31.2 Å². The van der Waals surface area contributed by atoms with E-state index in [1.54, 1.807) is 0 Å². The van der Waals surface area contributed by atoms with E-state index >= 15 is 0 Å². The number of aromatic nitrogens is 2. The van der Waals surface area contributed by atoms with E-state index in [2.05, 4.69) is 35.1 Å². The summed E-state index contributed by atoms with van der Waals surface area (Å²) in [5.41, 5.74) is 3.71. The molecule has 0 spiro atoms. The lowest BCUT2D eigenvalue weighted by atomic mass is 10.1. The molecule has 2 aromatic rings. The van der Waals surface area contributed by atoms with Crippen molar-refractivity contribution < 1.29 is 0 Å². The van der Waals surface area contributed by atoms with Crippen molar-refractivity contribution in [3.63, 3.8) is 0 Å². The predicted molar refractivity (Wildman–Crippen MR) is 71.5 cm³/mol. The zero-order valence-electron chi connectivity index (χ0n) is 10.6. The van der Waals surface area contributed by atoms with E-state index < -0.39 is 0 Å². The summed E-state index contributed by atoms with van der Waals surface area (Å²) in [5, 5.41) is 5.75. The minimum atomic E-state index is 1.12. The van der Waals surface area contributed by atoms with Gasteiger partial charge in [-0.25, -0.2) is 0 Å². The van der Waals surface area contributed by atoms with Crippen LogP contribution in [-0.2, 0) is 7.05 Å². The lowest BCUT2D eigenvalue weighted by Crippen LogP contribution is -2.29. The Morgan fingerprint density at radius 2 is 1.88 bits per heavy atom. The smallest absolute Gasteiger partial charge is 0.0702 e. The molecule has 0 atom stereocenters. The van der Waals surface area contributed by atoms with Crippen LogP contribution in [0.5, 0.6) is 0 Å². The van der Waals surface area contributed by atoms with Crippen LogP contribution in [-0.4, -0.2) is 22.9 Å². The summed E-state index contributed by atoms with van der Waals surface area (Å²) in [6.07, 6.45) is 4.02. The summed E-state index contributed by atoms with van der Waals surface area (Å²) < 4.78 is 1.98. The van der Waals surface area contributed by atoms with Crippen LogP contribution in [0.2, 0.25) is 0 Å². The molecule has 1 fully saturated rings. The SMILES string of the molecule is Cc1nn(C)c2cc(N3CCCCC3)ccc12. The van der Waals surface area contributed by atoms with Gasteiger partial charge in [-0.3, -0.25) is 4.68 Å². The van der Waals surface area contributed by atoms with Crippen LogP contribution < -0.4 is 4.90 Å². The molecule has 3 rings (SSSR count). The third-order valence-electron chi connectivity index (χ3n) is 3.74. The second kappa shape index (κ2) is 4.06. The Kier molecular flexibility index (Phi) is 2.54. The van der Waals surface area contributed by atoms with Crippen LogP contribution in [0, 0.1) is 6.92 Å². The van der Waals surface area contributed by atoms with E-state index in [0.29, 0.717) is 0 Å². The van der Waals surface area contributed by atoms with Crippen molar-refractivity contribution in [3.05, 3.63) is 23.9 Å². The van der Waals surface area contributed by atoms with Crippen molar-refractivity contribution in [1.29, 1.82) is 0 Å². The number of anilines is 1. The summed E-state index contributed by atoms with van der Waals surface area (Å²) in [6.45, 7) is 4.47. The molecule has 3 heteroatoms. The molecule has 1 aromatic carbocycles. The number of benzene rings is 1. The Bertz CT molecular complexity index is 536. The minimum Gasteiger partial charge on any atom is -0.371 e. The molecule has 17 heavy (non-hydrogen) atoms. The Morgan fingerprint density at radius 3 is 2.65 bits per heavy atom. The topological polar surface area (TPSA) is 21.1 Å². The zero-order chi connectivity index (χ0) is 11.8. The summed E-state index contributed by atoms with van der Waals surface area (Å²) >= 11 is 0. The number of fused-ring (bicyclic) bond motifs is 1. The maximum Gasteiger partial charge on any atom is 0.0702 e. The van der Waals surface area contributed by atoms with E-state index in [0.717, 1.165) is 5.69 Å². The van der Waals surface area contributed by atoms with Gasteiger partial charge < -0.3 is 4.90 Å². The van der Waals surface area contributed by atoms with Gasteiger partial charge in [0.15, 0.2) is 0 Å². The van der Waals surface area contributed by atoms with Crippen LogP contribution in [0.25, 0.3) is 10.9 Å². The molecule has 0 unspecified atom stereocenters. The normalized spacial score (nSPS) is 16.7. The fraction of sp³-hybridized carbons (Fsp3) is 0.500. The standard InChI is InChI=1S/C14H19N3/c1-11-13-7-6-12(10-14(13)16(2)15-11)17-8-4-3-5-9-17/h6-7,10H,3-5,8-9H2,1-2H3. The Morgan fingerprint density at radius 1 is 1.12 bits per heavy atom. The number of nitrogens with zero attached hydrogens (tertiary/aromatic N) is 3. The van der Waals surface area contributed by atoms with Crippen LogP contribution in [0.1, 0.15) is 25.0 Å². The van der Waals surface area contributed by atoms with Crippen molar-refractivity contribution >= 4 is 16.6 Å². The summed E-state index contributed by atoms with van der Waals surface area (Å²) in [6, 6.07) is 6.73. The molecule has 1 aliphatic rings. The first kappa shape index (κ1) is 10.6. The quantitative estimate of drug-likeness (QED) is 0.749. The molecule has 1 aliphatic heterocycles. The molecule has 90 valence electrons. The van der Waals surface area contributed by atoms with E-state index in [9.17, 15) is 0 Å². The molecule has 0 N–H and O–H groups in total. The van der Waals surface area contributed by atoms with Crippen LogP contribution in [0.15, 0.2) is 18.2 Å². The molecular weight excluding hydrogens is 210 g/mol. The molecule has 0 aliphatic carbocycles. The number of aryl methyl sites for hydroxylation is 2. The Hall–Kier alpha value is -1.51. The highest BCUT2D eigenvalue weighted by Crippen LogP contribution is 2.25. The number of hydrogen-bond acceptors (Lipinski definition) is 2. The number of hydrogen-bond donors (Lipinski definition) is 0. The molecular formula is C14H19N3. The van der Waals surface area contributed by atoms with Crippen LogP contribution in [0.3, 0.4) is 0 Å². The zero-order valence-corrected chi connectivity index (χ0v) is 10.6. The van der Waals surface area contributed by atoms with Gasteiger partial charge in [-0.2, -0.15) is 5.10 Å². The average molecular weight is 229 g/mol. The predicted octanol–water partition coefficient (Wildman–Crippen LogP) is 2.87.